The van der Waals surface area contributed by atoms with Crippen LogP contribution in [0.5, 0.6) is 0 Å². The van der Waals surface area contributed by atoms with Crippen LogP contribution in [0, 0.1) is 0 Å². The van der Waals surface area contributed by atoms with Crippen LogP contribution in [0.3, 0.4) is 0 Å². The van der Waals surface area contributed by atoms with Crippen molar-refractivity contribution >= 4 is 23.2 Å². The second kappa shape index (κ2) is 3.58. The van der Waals surface area contributed by atoms with Crippen molar-refractivity contribution in [3.05, 3.63) is 10.3 Å². The van der Waals surface area contributed by atoms with Crippen LogP contribution in [-0.4, -0.2) is 12.3 Å². The molecule has 0 heterocycles. The molecule has 0 N–H and O–H groups in total. The molecule has 0 aliphatic carbocycles. The van der Waals surface area contributed by atoms with E-state index in [0.717, 1.165) is 0 Å². The number of halogens is 7. The van der Waals surface area contributed by atoms with Gasteiger partial charge in [-0.15, -0.1) is 0 Å². The summed E-state index contributed by atoms with van der Waals surface area (Å²) in [4.78, 5) is 0. The molecule has 66 valence electrons. The zero-order valence-electron chi connectivity index (χ0n) is 4.72. The van der Waals surface area contributed by atoms with Gasteiger partial charge >= 0.3 is 12.3 Å². The van der Waals surface area contributed by atoms with E-state index < -0.39 is 22.7 Å². The van der Waals surface area contributed by atoms with Crippen LogP contribution in [0.25, 0.3) is 0 Å². The minimum absolute atomic E-state index is 1.98. The summed E-state index contributed by atoms with van der Waals surface area (Å²) < 4.78 is 58.2. The number of hydrogen-bond donors (Lipinski definition) is 0. The van der Waals surface area contributed by atoms with Crippen molar-refractivity contribution in [3.63, 3.8) is 0 Å². The zero-order chi connectivity index (χ0) is 9.23. The fourth-order valence-corrected chi connectivity index (χ4v) is 0.430. The van der Waals surface area contributed by atoms with Gasteiger partial charge in [0, 0.05) is 0 Å². The van der Waals surface area contributed by atoms with Crippen LogP contribution in [0.15, 0.2) is 10.3 Å². The van der Waals surface area contributed by atoms with Crippen LogP contribution in [0.2, 0.25) is 0 Å². The lowest BCUT2D eigenvalue weighted by Gasteiger charge is -2.12. The predicted octanol–water partition coefficient (Wildman–Crippen LogP) is 3.50. The summed E-state index contributed by atoms with van der Waals surface area (Å²) in [6, 6.07) is 0. The highest BCUT2D eigenvalue weighted by Gasteiger charge is 2.46. The van der Waals surface area contributed by atoms with Gasteiger partial charge in [0.2, 0.25) is 5.29 Å². The Morgan fingerprint density at radius 2 is 1.55 bits per heavy atom. The Labute approximate surface area is 68.6 Å². The number of rotatable bonds is 2. The molecular weight excluding hydrogens is 214 g/mol. The first-order valence-electron chi connectivity index (χ1n) is 2.17. The molecule has 0 aliphatic heterocycles. The monoisotopic (exact) mass is 214 g/mol. The zero-order valence-corrected chi connectivity index (χ0v) is 6.23. The maximum atomic E-state index is 11.9. The molecule has 0 unspecified atom stereocenters. The third-order valence-electron chi connectivity index (χ3n) is 0.733. The van der Waals surface area contributed by atoms with Crippen LogP contribution >= 0.6 is 23.2 Å². The lowest BCUT2D eigenvalue weighted by molar-refractivity contribution is -0.0949. The molecule has 0 rings (SSSR count). The van der Waals surface area contributed by atoms with Gasteiger partial charge in [0.15, 0.2) is 0 Å². The number of allylic oxidation sites excluding steroid dienone is 1. The number of alkyl halides is 4. The summed E-state index contributed by atoms with van der Waals surface area (Å²) in [6.07, 6.45) is -4.07. The quantitative estimate of drug-likeness (QED) is 0.618. The van der Waals surface area contributed by atoms with Crippen LogP contribution in [-0.2, 0) is 0 Å². The molecular formula is C4HCl2F5. The summed E-state index contributed by atoms with van der Waals surface area (Å²) in [5, 5.41) is -4.01. The van der Waals surface area contributed by atoms with Crippen molar-refractivity contribution in [3.8, 4) is 0 Å². The maximum absolute atomic E-state index is 11.9. The van der Waals surface area contributed by atoms with Gasteiger partial charge in [-0.05, 0) is 11.6 Å². The van der Waals surface area contributed by atoms with E-state index in [1.807, 2.05) is 0 Å². The van der Waals surface area contributed by atoms with E-state index in [0.29, 0.717) is 0 Å². The molecule has 0 fully saturated rings. The fraction of sp³-hybridized carbons (Fsp3) is 0.500. The Bertz CT molecular complexity index is 171. The Hall–Kier alpha value is -0.0300. The minimum atomic E-state index is -4.71. The Morgan fingerprint density at radius 1 is 1.18 bits per heavy atom. The van der Waals surface area contributed by atoms with Crippen molar-refractivity contribution in [1.29, 1.82) is 0 Å². The molecule has 0 amide bonds. The highest BCUT2D eigenvalue weighted by molar-refractivity contribution is 6.38. The molecule has 11 heavy (non-hydrogen) atoms. The second-order valence-electron chi connectivity index (χ2n) is 1.50. The van der Waals surface area contributed by atoms with E-state index in [-0.39, 0.29) is 0 Å². The molecule has 7 heteroatoms. The van der Waals surface area contributed by atoms with Gasteiger partial charge < -0.3 is 0 Å². The first kappa shape index (κ1) is 11.0. The molecule has 0 saturated carbocycles. The van der Waals surface area contributed by atoms with Crippen LogP contribution < -0.4 is 0 Å². The van der Waals surface area contributed by atoms with Gasteiger partial charge in [0.05, 0.1) is 0 Å². The van der Waals surface area contributed by atoms with Gasteiger partial charge in [-0.2, -0.15) is 13.2 Å². The third-order valence-corrected chi connectivity index (χ3v) is 1.44. The van der Waals surface area contributed by atoms with Crippen LogP contribution in [0.4, 0.5) is 22.0 Å². The van der Waals surface area contributed by atoms with Crippen molar-refractivity contribution in [1.82, 2.24) is 0 Å². The first-order valence-corrected chi connectivity index (χ1v) is 2.93. The fourth-order valence-electron chi connectivity index (χ4n) is 0.222. The average molecular weight is 215 g/mol. The Balaban J connectivity index is 4.70. The first-order chi connectivity index (χ1) is 4.80. The van der Waals surface area contributed by atoms with Gasteiger partial charge in [0.1, 0.15) is 5.03 Å². The third kappa shape index (κ3) is 2.48. The lowest BCUT2D eigenvalue weighted by Crippen LogP contribution is -2.27. The molecule has 0 aromatic rings. The molecule has 0 spiro atoms. The highest BCUT2D eigenvalue weighted by Crippen LogP contribution is 2.36. The molecule has 0 atom stereocenters. The normalized spacial score (nSPS) is 15.3. The molecule has 0 radical (unpaired) electrons. The molecule has 0 nitrogen and oxygen atoms in total. The van der Waals surface area contributed by atoms with Crippen molar-refractivity contribution in [2.45, 2.75) is 12.3 Å². The molecule has 0 aromatic carbocycles. The smallest absolute Gasteiger partial charge is 0.203 e. The SMILES string of the molecule is F/C(Cl)=C(/Cl)C(F)(F)C(F)F. The molecule has 0 aromatic heterocycles. The van der Waals surface area contributed by atoms with Gasteiger partial charge in [-0.25, -0.2) is 8.78 Å². The topological polar surface area (TPSA) is 0 Å². The largest absolute Gasteiger partial charge is 0.346 e. The van der Waals surface area contributed by atoms with Gasteiger partial charge in [-0.1, -0.05) is 11.6 Å². The minimum Gasteiger partial charge on any atom is -0.203 e. The maximum Gasteiger partial charge on any atom is 0.346 e. The Kier molecular flexibility index (Phi) is 3.57. The standard InChI is InChI=1S/C4HCl2F5/c5-1(2(6)7)4(10,11)3(8)9/h3H/b2-1+. The summed E-state index contributed by atoms with van der Waals surface area (Å²) in [5.41, 5.74) is 0. The van der Waals surface area contributed by atoms with Crippen LogP contribution in [0.1, 0.15) is 0 Å². The van der Waals surface area contributed by atoms with E-state index in [4.69, 9.17) is 0 Å². The lowest BCUT2D eigenvalue weighted by atomic mass is 10.3. The van der Waals surface area contributed by atoms with E-state index >= 15 is 0 Å². The van der Waals surface area contributed by atoms with Crippen molar-refractivity contribution in [2.75, 3.05) is 0 Å². The summed E-state index contributed by atoms with van der Waals surface area (Å²) in [6.45, 7) is 0. The van der Waals surface area contributed by atoms with E-state index in [9.17, 15) is 22.0 Å². The summed E-state index contributed by atoms with van der Waals surface area (Å²) in [5.74, 6) is -4.71. The summed E-state index contributed by atoms with van der Waals surface area (Å²) in [7, 11) is 0. The molecule has 0 bridgehead atoms. The van der Waals surface area contributed by atoms with Crippen molar-refractivity contribution in [2.24, 2.45) is 0 Å². The molecule has 0 saturated heterocycles. The molecule has 0 aliphatic rings. The summed E-state index contributed by atoms with van der Waals surface area (Å²) >= 11 is 8.77. The Morgan fingerprint density at radius 3 is 1.64 bits per heavy atom. The van der Waals surface area contributed by atoms with E-state index in [2.05, 4.69) is 23.2 Å². The van der Waals surface area contributed by atoms with Gasteiger partial charge in [0.25, 0.3) is 0 Å². The highest BCUT2D eigenvalue weighted by atomic mass is 35.5. The van der Waals surface area contributed by atoms with E-state index in [1.165, 1.54) is 0 Å². The second-order valence-corrected chi connectivity index (χ2v) is 2.21. The predicted molar refractivity (Wildman–Crippen MR) is 30.8 cm³/mol. The average Bonchev–Trinajstić information content (AvgIpc) is 1.85. The van der Waals surface area contributed by atoms with Crippen molar-refractivity contribution < 1.29 is 22.0 Å². The van der Waals surface area contributed by atoms with E-state index in [1.54, 1.807) is 0 Å². The number of hydrogen-bond acceptors (Lipinski definition) is 0. The van der Waals surface area contributed by atoms with Gasteiger partial charge in [-0.3, -0.25) is 0 Å².